The van der Waals surface area contributed by atoms with Crippen LogP contribution < -0.4 is 0 Å². The summed E-state index contributed by atoms with van der Waals surface area (Å²) in [6, 6.07) is 12.6. The van der Waals surface area contributed by atoms with Crippen LogP contribution in [0.3, 0.4) is 0 Å². The second-order valence-corrected chi connectivity index (χ2v) is 7.53. The van der Waals surface area contributed by atoms with E-state index in [4.69, 9.17) is 0 Å². The molecule has 2 aromatic carbocycles. The molecule has 1 unspecified atom stereocenters. The van der Waals surface area contributed by atoms with Crippen molar-refractivity contribution in [1.82, 2.24) is 0 Å². The number of halogens is 3. The molecular weight excluding hydrogens is 317 g/mol. The van der Waals surface area contributed by atoms with E-state index >= 15 is 0 Å². The van der Waals surface area contributed by atoms with Gasteiger partial charge in [-0.15, -0.1) is 0 Å². The fraction of sp³-hybridized carbons (Fsp3) is 0.158. The Labute approximate surface area is 136 Å². The lowest BCUT2D eigenvalue weighted by Gasteiger charge is -2.18. The molecule has 0 heterocycles. The molecule has 0 radical (unpaired) electrons. The lowest BCUT2D eigenvalue weighted by molar-refractivity contribution is 0.531. The van der Waals surface area contributed by atoms with Gasteiger partial charge in [0.05, 0.1) is 10.9 Å². The Bertz CT molecular complexity index is 700. The first-order chi connectivity index (χ1) is 11.0. The van der Waals surface area contributed by atoms with Crippen molar-refractivity contribution in [3.63, 3.8) is 0 Å². The van der Waals surface area contributed by atoms with Gasteiger partial charge in [0.25, 0.3) is 0 Å². The minimum atomic E-state index is -0.483. The van der Waals surface area contributed by atoms with E-state index in [1.165, 1.54) is 30.3 Å². The first-order valence-corrected chi connectivity index (χ1v) is 8.59. The van der Waals surface area contributed by atoms with E-state index in [0.29, 0.717) is 6.42 Å². The van der Waals surface area contributed by atoms with Crippen molar-refractivity contribution in [2.75, 3.05) is 0 Å². The van der Waals surface area contributed by atoms with Gasteiger partial charge in [-0.3, -0.25) is 0 Å². The van der Waals surface area contributed by atoms with E-state index in [1.54, 1.807) is 30.3 Å². The molecule has 1 aliphatic rings. The third-order valence-corrected chi connectivity index (χ3v) is 6.25. The summed E-state index contributed by atoms with van der Waals surface area (Å²) < 4.78 is 40.0. The van der Waals surface area contributed by atoms with Crippen molar-refractivity contribution in [2.24, 2.45) is 5.92 Å². The van der Waals surface area contributed by atoms with Crippen LogP contribution in [0.4, 0.5) is 13.2 Å². The second kappa shape index (κ2) is 6.67. The molecule has 0 amide bonds. The summed E-state index contributed by atoms with van der Waals surface area (Å²) in [5.41, 5.74) is 0. The fourth-order valence-electron chi connectivity index (χ4n) is 2.62. The zero-order valence-electron chi connectivity index (χ0n) is 12.6. The highest BCUT2D eigenvalue weighted by molar-refractivity contribution is 8.00. The van der Waals surface area contributed by atoms with Crippen LogP contribution in [0, 0.1) is 17.6 Å². The van der Waals surface area contributed by atoms with E-state index in [9.17, 15) is 13.2 Å². The first kappa shape index (κ1) is 15.9. The highest BCUT2D eigenvalue weighted by Gasteiger charge is 2.36. The lowest BCUT2D eigenvalue weighted by atomic mass is 10.0. The normalized spacial score (nSPS) is 17.9. The van der Waals surface area contributed by atoms with Crippen LogP contribution in [0.25, 0.3) is 0 Å². The Morgan fingerprint density at radius 3 is 1.70 bits per heavy atom. The topological polar surface area (TPSA) is 0 Å². The fourth-order valence-corrected chi connectivity index (χ4v) is 4.94. The zero-order valence-corrected chi connectivity index (χ0v) is 13.4. The highest BCUT2D eigenvalue weighted by atomic mass is 32.2. The first-order valence-electron chi connectivity index (χ1n) is 7.36. The van der Waals surface area contributed by atoms with Crippen molar-refractivity contribution in [1.29, 1.82) is 0 Å². The molecule has 2 aromatic rings. The molecule has 118 valence electrons. The molecule has 0 bridgehead atoms. The van der Waals surface area contributed by atoms with E-state index in [1.807, 2.05) is 6.92 Å². The average Bonchev–Trinajstić information content (AvgIpc) is 2.53. The summed E-state index contributed by atoms with van der Waals surface area (Å²) in [6.07, 6.45) is 3.65. The maximum Gasteiger partial charge on any atom is 0.166 e. The Morgan fingerprint density at radius 2 is 1.26 bits per heavy atom. The van der Waals surface area contributed by atoms with Crippen LogP contribution in [0.15, 0.2) is 81.2 Å². The van der Waals surface area contributed by atoms with Gasteiger partial charge in [0, 0.05) is 12.3 Å². The summed E-state index contributed by atoms with van der Waals surface area (Å²) in [4.78, 5) is 2.95. The molecule has 1 aliphatic carbocycles. The van der Waals surface area contributed by atoms with Gasteiger partial charge in [-0.25, -0.2) is 13.2 Å². The minimum absolute atomic E-state index is 0.0402. The Morgan fingerprint density at radius 1 is 0.783 bits per heavy atom. The van der Waals surface area contributed by atoms with Gasteiger partial charge >= 0.3 is 0 Å². The average molecular weight is 333 g/mol. The summed E-state index contributed by atoms with van der Waals surface area (Å²) in [6.45, 7) is 1.98. The molecular formula is C19H16F3S+. The van der Waals surface area contributed by atoms with Crippen LogP contribution in [0.1, 0.15) is 13.3 Å². The number of hydrogen-bond donors (Lipinski definition) is 0. The number of benzene rings is 2. The van der Waals surface area contributed by atoms with Crippen LogP contribution in [-0.2, 0) is 10.9 Å². The third kappa shape index (κ3) is 3.53. The molecule has 0 spiro atoms. The minimum Gasteiger partial charge on any atom is -0.212 e. The third-order valence-electron chi connectivity index (χ3n) is 3.75. The molecule has 0 saturated carbocycles. The molecule has 0 aromatic heterocycles. The van der Waals surface area contributed by atoms with Gasteiger partial charge in [-0.05, 0) is 60.7 Å². The molecule has 0 fully saturated rings. The quantitative estimate of drug-likeness (QED) is 0.625. The monoisotopic (exact) mass is 333 g/mol. The molecule has 0 nitrogen and oxygen atoms in total. The van der Waals surface area contributed by atoms with Crippen LogP contribution in [0.2, 0.25) is 0 Å². The Balaban J connectivity index is 2.10. The number of rotatable bonds is 3. The molecule has 3 rings (SSSR count). The van der Waals surface area contributed by atoms with E-state index in [-0.39, 0.29) is 23.4 Å². The van der Waals surface area contributed by atoms with Gasteiger partial charge in [-0.1, -0.05) is 6.92 Å². The van der Waals surface area contributed by atoms with Crippen molar-refractivity contribution in [2.45, 2.75) is 23.1 Å². The molecule has 1 atom stereocenters. The summed E-state index contributed by atoms with van der Waals surface area (Å²) in [5.74, 6) is -0.692. The Hall–Kier alpha value is -1.94. The Kier molecular flexibility index (Phi) is 4.62. The van der Waals surface area contributed by atoms with E-state index < -0.39 is 10.9 Å². The summed E-state index contributed by atoms with van der Waals surface area (Å²) >= 11 is 0. The van der Waals surface area contributed by atoms with Crippen molar-refractivity contribution < 1.29 is 13.2 Å². The van der Waals surface area contributed by atoms with Gasteiger partial charge < -0.3 is 0 Å². The molecule has 4 heteroatoms. The van der Waals surface area contributed by atoms with Crippen molar-refractivity contribution in [3.05, 3.63) is 83.0 Å². The molecule has 0 aliphatic heterocycles. The summed E-state index contributed by atoms with van der Waals surface area (Å²) in [5, 5.41) is 0. The van der Waals surface area contributed by atoms with Gasteiger partial charge in [-0.2, -0.15) is 0 Å². The maximum absolute atomic E-state index is 13.5. The number of allylic oxidation sites excluding steroid dienone is 4. The van der Waals surface area contributed by atoms with Crippen LogP contribution in [-0.4, -0.2) is 0 Å². The molecule has 0 saturated heterocycles. The number of hydrogen-bond acceptors (Lipinski definition) is 0. The zero-order chi connectivity index (χ0) is 16.4. The van der Waals surface area contributed by atoms with Crippen LogP contribution >= 0.6 is 0 Å². The predicted molar refractivity (Wildman–Crippen MR) is 87.8 cm³/mol. The van der Waals surface area contributed by atoms with E-state index in [0.717, 1.165) is 14.7 Å². The van der Waals surface area contributed by atoms with Gasteiger partial charge in [0.15, 0.2) is 9.79 Å². The van der Waals surface area contributed by atoms with Gasteiger partial charge in [0.1, 0.15) is 22.4 Å². The van der Waals surface area contributed by atoms with Crippen LogP contribution in [0.5, 0.6) is 0 Å². The standard InChI is InChI=1S/C19H16F3S/c1-13-12-16(22)6-11-19(13)23(17-7-2-14(20)3-8-17)18-9-4-15(21)5-10-18/h2-11,13H,12H2,1H3/q+1. The lowest BCUT2D eigenvalue weighted by Crippen LogP contribution is -2.15. The SMILES string of the molecule is CC1CC(F)=CC=C1[S+](c1ccc(F)cc1)c1ccc(F)cc1. The largest absolute Gasteiger partial charge is 0.212 e. The second-order valence-electron chi connectivity index (χ2n) is 5.50. The highest BCUT2D eigenvalue weighted by Crippen LogP contribution is 2.38. The van der Waals surface area contributed by atoms with E-state index in [2.05, 4.69) is 0 Å². The maximum atomic E-state index is 13.5. The van der Waals surface area contributed by atoms with Gasteiger partial charge in [0.2, 0.25) is 0 Å². The van der Waals surface area contributed by atoms with Crippen molar-refractivity contribution >= 4 is 10.9 Å². The summed E-state index contributed by atoms with van der Waals surface area (Å²) in [7, 11) is -0.483. The molecule has 23 heavy (non-hydrogen) atoms. The molecule has 0 N–H and O–H groups in total. The van der Waals surface area contributed by atoms with Crippen molar-refractivity contribution in [3.8, 4) is 0 Å². The predicted octanol–water partition coefficient (Wildman–Crippen LogP) is 5.78. The smallest absolute Gasteiger partial charge is 0.166 e.